The first-order chi connectivity index (χ1) is 13.7. The summed E-state index contributed by atoms with van der Waals surface area (Å²) in [4.78, 5) is 13.1. The fourth-order valence-electron chi connectivity index (χ4n) is 2.94. The number of nitrogens with zero attached hydrogens (tertiary/aromatic N) is 1. The van der Waals surface area contributed by atoms with Crippen LogP contribution in [0.3, 0.4) is 0 Å². The quantitative estimate of drug-likeness (QED) is 0.637. The summed E-state index contributed by atoms with van der Waals surface area (Å²) >= 11 is 6.39. The minimum absolute atomic E-state index is 0.230. The number of rotatable bonds is 6. The highest BCUT2D eigenvalue weighted by Gasteiger charge is 2.19. The van der Waals surface area contributed by atoms with Crippen LogP contribution in [0.5, 0.6) is 5.75 Å². The van der Waals surface area contributed by atoms with Gasteiger partial charge >= 0.3 is 0 Å². The zero-order chi connectivity index (χ0) is 21.2. The molecule has 0 bridgehead atoms. The van der Waals surface area contributed by atoms with E-state index >= 15 is 0 Å². The van der Waals surface area contributed by atoms with Crippen LogP contribution in [0.15, 0.2) is 65.8 Å². The predicted octanol–water partition coefficient (Wildman–Crippen LogP) is 4.03. The van der Waals surface area contributed by atoms with Gasteiger partial charge in [0.2, 0.25) is 0 Å². The van der Waals surface area contributed by atoms with E-state index in [-0.39, 0.29) is 16.8 Å². The van der Waals surface area contributed by atoms with Crippen molar-refractivity contribution in [1.29, 1.82) is 0 Å². The van der Waals surface area contributed by atoms with E-state index in [1.165, 1.54) is 19.2 Å². The molecule has 1 aromatic heterocycles. The molecule has 1 amide bonds. The smallest absolute Gasteiger partial charge is 0.255 e. The zero-order valence-electron chi connectivity index (χ0n) is 16.2. The van der Waals surface area contributed by atoms with Crippen LogP contribution in [0.1, 0.15) is 28.9 Å². The Hall–Kier alpha value is -2.77. The third-order valence-corrected chi connectivity index (χ3v) is 5.98. The summed E-state index contributed by atoms with van der Waals surface area (Å²) in [5.74, 6) is 0.0534. The lowest BCUT2D eigenvalue weighted by molar-refractivity contribution is 0.0937. The Labute approximate surface area is 175 Å². The molecule has 152 valence electrons. The third-order valence-electron chi connectivity index (χ3n) is 4.55. The molecular formula is C21H21ClN2O4S. The van der Waals surface area contributed by atoms with E-state index in [1.54, 1.807) is 24.3 Å². The third kappa shape index (κ3) is 4.63. The lowest BCUT2D eigenvalue weighted by atomic mass is 10.1. The lowest BCUT2D eigenvalue weighted by Crippen LogP contribution is -2.27. The first-order valence-corrected chi connectivity index (χ1v) is 11.1. The van der Waals surface area contributed by atoms with Crippen molar-refractivity contribution in [2.75, 3.05) is 13.4 Å². The number of halogens is 1. The summed E-state index contributed by atoms with van der Waals surface area (Å²) < 4.78 is 30.4. The molecule has 8 heteroatoms. The SMILES string of the molecule is COc1cc(-n2cccc2)c(Cl)cc1C(=O)NC(C)c1ccc(S(C)(=O)=O)cc1. The van der Waals surface area contributed by atoms with E-state index in [0.29, 0.717) is 22.0 Å². The molecule has 0 radical (unpaired) electrons. The summed E-state index contributed by atoms with van der Waals surface area (Å²) in [6, 6.07) is 13.1. The van der Waals surface area contributed by atoms with Gasteiger partial charge in [-0.2, -0.15) is 0 Å². The minimum atomic E-state index is -3.27. The number of methoxy groups -OCH3 is 1. The van der Waals surface area contributed by atoms with Crippen LogP contribution < -0.4 is 10.1 Å². The van der Waals surface area contributed by atoms with Crippen molar-refractivity contribution in [1.82, 2.24) is 9.88 Å². The van der Waals surface area contributed by atoms with E-state index in [9.17, 15) is 13.2 Å². The molecule has 29 heavy (non-hydrogen) atoms. The fraction of sp³-hybridized carbons (Fsp3) is 0.190. The van der Waals surface area contributed by atoms with Gasteiger partial charge in [0.05, 0.1) is 34.3 Å². The summed E-state index contributed by atoms with van der Waals surface area (Å²) in [7, 11) is -1.78. The van der Waals surface area contributed by atoms with E-state index in [4.69, 9.17) is 16.3 Å². The Morgan fingerprint density at radius 3 is 2.31 bits per heavy atom. The van der Waals surface area contributed by atoms with Crippen LogP contribution in [0, 0.1) is 0 Å². The second-order valence-electron chi connectivity index (χ2n) is 6.63. The van der Waals surface area contributed by atoms with Gasteiger partial charge in [-0.25, -0.2) is 8.42 Å². The van der Waals surface area contributed by atoms with Gasteiger partial charge in [0.15, 0.2) is 9.84 Å². The van der Waals surface area contributed by atoms with Crippen LogP contribution in [0.25, 0.3) is 5.69 Å². The van der Waals surface area contributed by atoms with Crippen molar-refractivity contribution in [2.24, 2.45) is 0 Å². The van der Waals surface area contributed by atoms with E-state index in [2.05, 4.69) is 5.32 Å². The Balaban J connectivity index is 1.84. The molecule has 0 aliphatic carbocycles. The molecular weight excluding hydrogens is 412 g/mol. The number of hydrogen-bond acceptors (Lipinski definition) is 4. The first-order valence-electron chi connectivity index (χ1n) is 8.82. The summed E-state index contributed by atoms with van der Waals surface area (Å²) in [5.41, 5.74) is 1.79. The molecule has 0 fully saturated rings. The molecule has 1 heterocycles. The Bertz CT molecular complexity index is 1120. The molecule has 0 aliphatic rings. The standard InChI is InChI=1S/C21H21ClN2O4S/c1-14(15-6-8-16(9-7-15)29(3,26)27)23-21(25)17-12-18(22)19(13-20(17)28-2)24-10-4-5-11-24/h4-14H,1-3H3,(H,23,25). The van der Waals surface area contributed by atoms with Gasteiger partial charge in [-0.3, -0.25) is 4.79 Å². The largest absolute Gasteiger partial charge is 0.496 e. The minimum Gasteiger partial charge on any atom is -0.496 e. The van der Waals surface area contributed by atoms with Gasteiger partial charge in [-0.1, -0.05) is 23.7 Å². The number of amides is 1. The van der Waals surface area contributed by atoms with E-state index in [0.717, 1.165) is 11.8 Å². The number of nitrogens with one attached hydrogen (secondary N) is 1. The van der Waals surface area contributed by atoms with Gasteiger partial charge in [0, 0.05) is 24.7 Å². The number of ether oxygens (including phenoxy) is 1. The lowest BCUT2D eigenvalue weighted by Gasteiger charge is -2.17. The van der Waals surface area contributed by atoms with Crippen molar-refractivity contribution in [2.45, 2.75) is 17.9 Å². The number of sulfone groups is 1. The van der Waals surface area contributed by atoms with E-state index < -0.39 is 9.84 Å². The zero-order valence-corrected chi connectivity index (χ0v) is 17.8. The molecule has 1 atom stereocenters. The topological polar surface area (TPSA) is 77.4 Å². The maximum absolute atomic E-state index is 12.8. The monoisotopic (exact) mass is 432 g/mol. The van der Waals surface area contributed by atoms with Crippen molar-refractivity contribution in [3.8, 4) is 11.4 Å². The normalized spacial score (nSPS) is 12.4. The highest BCUT2D eigenvalue weighted by atomic mass is 35.5. The number of carbonyl (C=O) groups is 1. The second-order valence-corrected chi connectivity index (χ2v) is 9.05. The molecule has 1 unspecified atom stereocenters. The molecule has 0 aliphatic heterocycles. The number of hydrogen-bond donors (Lipinski definition) is 1. The maximum Gasteiger partial charge on any atom is 0.255 e. The average molecular weight is 433 g/mol. The van der Waals surface area contributed by atoms with Gasteiger partial charge < -0.3 is 14.6 Å². The van der Waals surface area contributed by atoms with Crippen molar-refractivity contribution in [3.05, 3.63) is 77.1 Å². The summed E-state index contributed by atoms with van der Waals surface area (Å²) in [6.45, 7) is 1.82. The molecule has 2 aromatic carbocycles. The van der Waals surface area contributed by atoms with Gasteiger partial charge in [0.1, 0.15) is 5.75 Å². The van der Waals surface area contributed by atoms with E-state index in [1.807, 2.05) is 36.0 Å². The fourth-order valence-corrected chi connectivity index (χ4v) is 3.84. The average Bonchev–Trinajstić information content (AvgIpc) is 3.21. The molecule has 3 rings (SSSR count). The number of benzene rings is 2. The van der Waals surface area contributed by atoms with Crippen LogP contribution in [-0.4, -0.2) is 32.3 Å². The van der Waals surface area contributed by atoms with Gasteiger partial charge in [-0.05, 0) is 42.8 Å². The second kappa shape index (κ2) is 8.31. The van der Waals surface area contributed by atoms with Crippen molar-refractivity contribution < 1.29 is 17.9 Å². The molecule has 1 N–H and O–H groups in total. The highest BCUT2D eigenvalue weighted by molar-refractivity contribution is 7.90. The van der Waals surface area contributed by atoms with Gasteiger partial charge in [-0.15, -0.1) is 0 Å². The van der Waals surface area contributed by atoms with Gasteiger partial charge in [0.25, 0.3) is 5.91 Å². The van der Waals surface area contributed by atoms with Crippen LogP contribution in [-0.2, 0) is 9.84 Å². The molecule has 3 aromatic rings. The van der Waals surface area contributed by atoms with Crippen molar-refractivity contribution >= 4 is 27.3 Å². The predicted molar refractivity (Wildman–Crippen MR) is 113 cm³/mol. The number of carbonyl (C=O) groups excluding carboxylic acids is 1. The summed E-state index contributed by atoms with van der Waals surface area (Å²) in [5, 5.41) is 3.31. The highest BCUT2D eigenvalue weighted by Crippen LogP contribution is 2.30. The summed E-state index contributed by atoms with van der Waals surface area (Å²) in [6.07, 6.45) is 4.85. The first kappa shape index (κ1) is 21.0. The van der Waals surface area contributed by atoms with Crippen molar-refractivity contribution in [3.63, 3.8) is 0 Å². The van der Waals surface area contributed by atoms with Crippen LogP contribution in [0.2, 0.25) is 5.02 Å². The Kier molecular flexibility index (Phi) is 6.00. The maximum atomic E-state index is 12.8. The molecule has 6 nitrogen and oxygen atoms in total. The Morgan fingerprint density at radius 1 is 1.14 bits per heavy atom. The number of aromatic nitrogens is 1. The van der Waals surface area contributed by atoms with Crippen LogP contribution in [0.4, 0.5) is 0 Å². The Morgan fingerprint density at radius 2 is 1.76 bits per heavy atom. The molecule has 0 saturated carbocycles. The molecule has 0 saturated heterocycles. The van der Waals surface area contributed by atoms with Crippen LogP contribution >= 0.6 is 11.6 Å². The molecule has 0 spiro atoms.